The highest BCUT2D eigenvalue weighted by Crippen LogP contribution is 2.24. The number of sulfonamides is 1. The summed E-state index contributed by atoms with van der Waals surface area (Å²) in [5.74, 6) is -0.0412. The first-order chi connectivity index (χ1) is 16.3. The van der Waals surface area contributed by atoms with Gasteiger partial charge in [-0.15, -0.1) is 0 Å². The molecule has 2 fully saturated rings. The van der Waals surface area contributed by atoms with E-state index in [1.54, 1.807) is 16.4 Å². The van der Waals surface area contributed by atoms with Gasteiger partial charge < -0.3 is 15.1 Å². The van der Waals surface area contributed by atoms with E-state index in [2.05, 4.69) is 34.3 Å². The Morgan fingerprint density at radius 3 is 2.24 bits per heavy atom. The number of piperidine rings is 1. The van der Waals surface area contributed by atoms with Crippen LogP contribution in [0.25, 0.3) is 0 Å². The molecule has 2 aliphatic rings. The molecule has 2 aromatic carbocycles. The Morgan fingerprint density at radius 1 is 0.912 bits per heavy atom. The van der Waals surface area contributed by atoms with E-state index in [1.807, 2.05) is 25.1 Å². The Morgan fingerprint density at radius 2 is 1.59 bits per heavy atom. The van der Waals surface area contributed by atoms with Crippen molar-refractivity contribution in [1.29, 1.82) is 0 Å². The molecule has 2 aliphatic heterocycles. The zero-order valence-corrected chi connectivity index (χ0v) is 21.1. The van der Waals surface area contributed by atoms with Crippen LogP contribution in [0.2, 0.25) is 0 Å². The minimum absolute atomic E-state index is 0.0412. The molecule has 0 unspecified atom stereocenters. The molecule has 0 aliphatic carbocycles. The number of nitrogens with zero attached hydrogens (tertiary/aromatic N) is 3. The largest absolute Gasteiger partial charge is 0.369 e. The van der Waals surface area contributed by atoms with Crippen LogP contribution in [-0.4, -0.2) is 69.8 Å². The van der Waals surface area contributed by atoms with Gasteiger partial charge in [-0.2, -0.15) is 4.31 Å². The van der Waals surface area contributed by atoms with Crippen molar-refractivity contribution < 1.29 is 13.2 Å². The molecular weight excluding hydrogens is 448 g/mol. The van der Waals surface area contributed by atoms with E-state index in [0.717, 1.165) is 62.3 Å². The standard InChI is InChI=1S/C26H36N4O3S/c1-21-20-23(29-18-16-28(2)17-19-29)9-12-25(21)27-26(31)13-8-22-6-10-24(11-7-22)34(32,33)30-14-4-3-5-15-30/h6-7,9-12,20H,3-5,8,13-19H2,1-2H3,(H,27,31). The van der Waals surface area contributed by atoms with Crippen molar-refractivity contribution in [3.05, 3.63) is 53.6 Å². The van der Waals surface area contributed by atoms with Crippen LogP contribution in [0.5, 0.6) is 0 Å². The fraction of sp³-hybridized carbons (Fsp3) is 0.500. The Hall–Kier alpha value is -2.42. The Kier molecular flexibility index (Phi) is 7.91. The molecular formula is C26H36N4O3S. The molecule has 2 saturated heterocycles. The monoisotopic (exact) mass is 484 g/mol. The van der Waals surface area contributed by atoms with Crippen molar-refractivity contribution in [1.82, 2.24) is 9.21 Å². The van der Waals surface area contributed by atoms with Crippen molar-refractivity contribution in [2.45, 2.75) is 43.9 Å². The van der Waals surface area contributed by atoms with E-state index in [9.17, 15) is 13.2 Å². The third-order valence-electron chi connectivity index (χ3n) is 6.87. The Labute approximate surface area is 203 Å². The predicted octanol–water partition coefficient (Wildman–Crippen LogP) is 3.49. The van der Waals surface area contributed by atoms with Gasteiger partial charge in [0, 0.05) is 57.1 Å². The van der Waals surface area contributed by atoms with Crippen LogP contribution in [0, 0.1) is 6.92 Å². The predicted molar refractivity (Wildman–Crippen MR) is 137 cm³/mol. The molecule has 1 N–H and O–H groups in total. The van der Waals surface area contributed by atoms with Crippen molar-refractivity contribution in [2.24, 2.45) is 0 Å². The molecule has 8 heteroatoms. The van der Waals surface area contributed by atoms with Gasteiger partial charge in [-0.25, -0.2) is 8.42 Å². The van der Waals surface area contributed by atoms with E-state index in [4.69, 9.17) is 0 Å². The molecule has 1 amide bonds. The number of amides is 1. The molecule has 4 rings (SSSR count). The van der Waals surface area contributed by atoms with Gasteiger partial charge in [-0.3, -0.25) is 4.79 Å². The number of hydrogen-bond acceptors (Lipinski definition) is 5. The van der Waals surface area contributed by atoms with Crippen molar-refractivity contribution >= 4 is 27.3 Å². The molecule has 0 radical (unpaired) electrons. The van der Waals surface area contributed by atoms with Gasteiger partial charge in [0.2, 0.25) is 15.9 Å². The summed E-state index contributed by atoms with van der Waals surface area (Å²) in [5.41, 5.74) is 4.04. The zero-order valence-electron chi connectivity index (χ0n) is 20.3. The summed E-state index contributed by atoms with van der Waals surface area (Å²) in [6.07, 6.45) is 3.84. The summed E-state index contributed by atoms with van der Waals surface area (Å²) in [5, 5.41) is 3.03. The number of hydrogen-bond donors (Lipinski definition) is 1. The minimum Gasteiger partial charge on any atom is -0.369 e. The molecule has 7 nitrogen and oxygen atoms in total. The van der Waals surface area contributed by atoms with Gasteiger partial charge in [0.05, 0.1) is 4.90 Å². The summed E-state index contributed by atoms with van der Waals surface area (Å²) in [6, 6.07) is 13.2. The van der Waals surface area contributed by atoms with E-state index >= 15 is 0 Å². The number of nitrogens with one attached hydrogen (secondary N) is 1. The molecule has 0 aromatic heterocycles. The van der Waals surface area contributed by atoms with Crippen LogP contribution < -0.4 is 10.2 Å². The quantitative estimate of drug-likeness (QED) is 0.651. The normalized spacial score (nSPS) is 18.1. The summed E-state index contributed by atoms with van der Waals surface area (Å²) in [6.45, 7) is 7.36. The van der Waals surface area contributed by atoms with E-state index < -0.39 is 10.0 Å². The molecule has 0 saturated carbocycles. The van der Waals surface area contributed by atoms with E-state index in [0.29, 0.717) is 30.8 Å². The van der Waals surface area contributed by atoms with Crippen LogP contribution in [-0.2, 0) is 21.2 Å². The van der Waals surface area contributed by atoms with Gasteiger partial charge in [0.1, 0.15) is 0 Å². The van der Waals surface area contributed by atoms with E-state index in [-0.39, 0.29) is 5.91 Å². The average Bonchev–Trinajstić information content (AvgIpc) is 2.85. The van der Waals surface area contributed by atoms with Gasteiger partial charge in [-0.05, 0) is 74.7 Å². The van der Waals surface area contributed by atoms with Crippen LogP contribution >= 0.6 is 0 Å². The smallest absolute Gasteiger partial charge is 0.243 e. The highest BCUT2D eigenvalue weighted by Gasteiger charge is 2.25. The van der Waals surface area contributed by atoms with Crippen molar-refractivity contribution in [3.63, 3.8) is 0 Å². The molecule has 0 atom stereocenters. The van der Waals surface area contributed by atoms with Gasteiger partial charge in [-0.1, -0.05) is 18.6 Å². The lowest BCUT2D eigenvalue weighted by Crippen LogP contribution is -2.44. The maximum atomic E-state index is 12.8. The number of carbonyl (C=O) groups excluding carboxylic acids is 1. The summed E-state index contributed by atoms with van der Waals surface area (Å²) in [7, 11) is -1.28. The topological polar surface area (TPSA) is 73.0 Å². The molecule has 34 heavy (non-hydrogen) atoms. The lowest BCUT2D eigenvalue weighted by atomic mass is 10.1. The zero-order chi connectivity index (χ0) is 24.1. The molecule has 0 bridgehead atoms. The number of anilines is 2. The molecule has 2 heterocycles. The average molecular weight is 485 g/mol. The first-order valence-corrected chi connectivity index (χ1v) is 13.7. The lowest BCUT2D eigenvalue weighted by molar-refractivity contribution is -0.116. The Bertz CT molecular complexity index is 1090. The number of benzene rings is 2. The third-order valence-corrected chi connectivity index (χ3v) is 8.78. The second-order valence-corrected chi connectivity index (χ2v) is 11.4. The highest BCUT2D eigenvalue weighted by molar-refractivity contribution is 7.89. The fourth-order valence-corrected chi connectivity index (χ4v) is 6.12. The second kappa shape index (κ2) is 10.9. The van der Waals surface area contributed by atoms with Gasteiger partial charge in [0.15, 0.2) is 0 Å². The highest BCUT2D eigenvalue weighted by atomic mass is 32.2. The lowest BCUT2D eigenvalue weighted by Gasteiger charge is -2.34. The molecule has 0 spiro atoms. The summed E-state index contributed by atoms with van der Waals surface area (Å²) in [4.78, 5) is 17.6. The minimum atomic E-state index is -3.42. The number of aryl methyl sites for hydroxylation is 2. The number of likely N-dealkylation sites (N-methyl/N-ethyl adjacent to an activating group) is 1. The van der Waals surface area contributed by atoms with Gasteiger partial charge in [0.25, 0.3) is 0 Å². The molecule has 2 aromatic rings. The fourth-order valence-electron chi connectivity index (χ4n) is 4.60. The van der Waals surface area contributed by atoms with Crippen LogP contribution in [0.15, 0.2) is 47.4 Å². The maximum absolute atomic E-state index is 12.8. The Balaban J connectivity index is 1.30. The summed E-state index contributed by atoms with van der Waals surface area (Å²) < 4.78 is 27.2. The summed E-state index contributed by atoms with van der Waals surface area (Å²) >= 11 is 0. The van der Waals surface area contributed by atoms with E-state index in [1.165, 1.54) is 5.69 Å². The van der Waals surface area contributed by atoms with Gasteiger partial charge >= 0.3 is 0 Å². The maximum Gasteiger partial charge on any atom is 0.243 e. The van der Waals surface area contributed by atoms with Crippen LogP contribution in [0.4, 0.5) is 11.4 Å². The first-order valence-electron chi connectivity index (χ1n) is 12.3. The first kappa shape index (κ1) is 24.7. The van der Waals surface area contributed by atoms with Crippen molar-refractivity contribution in [3.8, 4) is 0 Å². The third kappa shape index (κ3) is 5.98. The number of carbonyl (C=O) groups is 1. The van der Waals surface area contributed by atoms with Crippen LogP contribution in [0.3, 0.4) is 0 Å². The number of piperazine rings is 1. The van der Waals surface area contributed by atoms with Crippen LogP contribution in [0.1, 0.15) is 36.8 Å². The van der Waals surface area contributed by atoms with Crippen molar-refractivity contribution in [2.75, 3.05) is 56.5 Å². The second-order valence-electron chi connectivity index (χ2n) is 9.45. The molecule has 184 valence electrons. The number of rotatable bonds is 7. The SMILES string of the molecule is Cc1cc(N2CCN(C)CC2)ccc1NC(=O)CCc1ccc(S(=O)(=O)N2CCCCC2)cc1.